The first-order chi connectivity index (χ1) is 7.51. The Morgan fingerprint density at radius 1 is 1.19 bits per heavy atom. The van der Waals surface area contributed by atoms with E-state index in [4.69, 9.17) is 15.7 Å². The van der Waals surface area contributed by atoms with Gasteiger partial charge in [0.05, 0.1) is 0 Å². The van der Waals surface area contributed by atoms with Crippen molar-refractivity contribution in [2.24, 2.45) is 0 Å². The Hall–Kier alpha value is -0.0962. The summed E-state index contributed by atoms with van der Waals surface area (Å²) in [6, 6.07) is 11.7. The third-order valence-corrected chi connectivity index (χ3v) is 8.76. The summed E-state index contributed by atoms with van der Waals surface area (Å²) < 4.78 is 6.15. The molecule has 1 unspecified atom stereocenters. The van der Waals surface area contributed by atoms with E-state index in [1.165, 1.54) is 5.56 Å². The molecule has 1 rings (SSSR count). The average molecular weight is 273 g/mol. The van der Waals surface area contributed by atoms with Crippen molar-refractivity contribution in [3.05, 3.63) is 35.9 Å². The first-order valence-corrected chi connectivity index (χ1v) is 11.8. The van der Waals surface area contributed by atoms with Gasteiger partial charge in [-0.15, -0.1) is 11.6 Å². The topological polar surface area (TPSA) is 9.23 Å². The summed E-state index contributed by atoms with van der Waals surface area (Å²) in [6.07, 6.45) is 1.11. The SMILES string of the molecule is C[Si](C)(C)O[SiH](CCl)CCc1ccccc1. The summed E-state index contributed by atoms with van der Waals surface area (Å²) in [5.41, 5.74) is 2.13. The third-order valence-electron chi connectivity index (χ3n) is 2.29. The van der Waals surface area contributed by atoms with Crippen LogP contribution in [-0.2, 0) is 10.5 Å². The van der Waals surface area contributed by atoms with Gasteiger partial charge in [-0.3, -0.25) is 0 Å². The molecule has 0 saturated carbocycles. The summed E-state index contributed by atoms with van der Waals surface area (Å²) >= 11 is 6.00. The Bertz CT molecular complexity index is 298. The fourth-order valence-corrected chi connectivity index (χ4v) is 8.20. The first kappa shape index (κ1) is 14.0. The quantitative estimate of drug-likeness (QED) is 0.568. The molecule has 16 heavy (non-hydrogen) atoms. The van der Waals surface area contributed by atoms with Crippen LogP contribution in [0.25, 0.3) is 0 Å². The fraction of sp³-hybridized carbons (Fsp3) is 0.500. The lowest BCUT2D eigenvalue weighted by Gasteiger charge is -2.24. The highest BCUT2D eigenvalue weighted by atomic mass is 35.5. The molecule has 1 nitrogen and oxygen atoms in total. The second-order valence-corrected chi connectivity index (χ2v) is 13.3. The highest BCUT2D eigenvalue weighted by Crippen LogP contribution is 2.12. The third kappa shape index (κ3) is 5.84. The van der Waals surface area contributed by atoms with Crippen molar-refractivity contribution in [2.45, 2.75) is 32.1 Å². The molecule has 0 aromatic heterocycles. The van der Waals surface area contributed by atoms with E-state index in [2.05, 4.69) is 50.0 Å². The van der Waals surface area contributed by atoms with E-state index in [1.807, 2.05) is 0 Å². The number of aryl methyl sites for hydroxylation is 1. The molecular weight excluding hydrogens is 252 g/mol. The van der Waals surface area contributed by atoms with E-state index >= 15 is 0 Å². The highest BCUT2D eigenvalue weighted by molar-refractivity contribution is 6.79. The zero-order chi connectivity index (χ0) is 12.0. The van der Waals surface area contributed by atoms with E-state index < -0.39 is 17.4 Å². The van der Waals surface area contributed by atoms with Gasteiger partial charge in [0.15, 0.2) is 17.4 Å². The van der Waals surface area contributed by atoms with Crippen LogP contribution in [-0.4, -0.2) is 22.9 Å². The minimum atomic E-state index is -1.40. The molecule has 0 fully saturated rings. The molecule has 0 amide bonds. The Labute approximate surface area is 107 Å². The van der Waals surface area contributed by atoms with Crippen molar-refractivity contribution in [3.63, 3.8) is 0 Å². The van der Waals surface area contributed by atoms with Crippen LogP contribution >= 0.6 is 11.6 Å². The number of alkyl halides is 1. The Morgan fingerprint density at radius 2 is 1.81 bits per heavy atom. The molecule has 1 aromatic carbocycles. The van der Waals surface area contributed by atoms with E-state index in [0.29, 0.717) is 0 Å². The average Bonchev–Trinajstić information content (AvgIpc) is 2.24. The molecule has 1 aromatic rings. The highest BCUT2D eigenvalue weighted by Gasteiger charge is 2.21. The van der Waals surface area contributed by atoms with Gasteiger partial charge in [-0.05, 0) is 37.7 Å². The minimum absolute atomic E-state index is 0.733. The molecule has 0 spiro atoms. The van der Waals surface area contributed by atoms with Crippen LogP contribution in [0.3, 0.4) is 0 Å². The van der Waals surface area contributed by atoms with Crippen LogP contribution in [0.4, 0.5) is 0 Å². The summed E-state index contributed by atoms with van der Waals surface area (Å²) in [4.78, 5) is 0. The van der Waals surface area contributed by atoms with Crippen LogP contribution in [0.15, 0.2) is 30.3 Å². The van der Waals surface area contributed by atoms with E-state index in [-0.39, 0.29) is 0 Å². The van der Waals surface area contributed by atoms with Crippen LogP contribution in [0.1, 0.15) is 5.56 Å². The van der Waals surface area contributed by atoms with Crippen LogP contribution < -0.4 is 0 Å². The van der Waals surface area contributed by atoms with Crippen LogP contribution in [0.2, 0.25) is 25.7 Å². The molecule has 0 heterocycles. The molecule has 0 aliphatic rings. The summed E-state index contributed by atoms with van der Waals surface area (Å²) in [5.74, 6) is 0. The number of halogens is 1. The van der Waals surface area contributed by atoms with Crippen molar-refractivity contribution >= 4 is 29.0 Å². The molecule has 4 heteroatoms. The van der Waals surface area contributed by atoms with E-state index in [9.17, 15) is 0 Å². The monoisotopic (exact) mass is 272 g/mol. The molecule has 0 saturated heterocycles. The van der Waals surface area contributed by atoms with Gasteiger partial charge in [0, 0.05) is 5.50 Å². The standard InChI is InChI=1S/C12H21ClOSi2/c1-16(2,3)14-15(11-13)10-9-12-7-5-4-6-8-12/h4-8,15H,9-11H2,1-3H3. The van der Waals surface area contributed by atoms with Crippen molar-refractivity contribution in [2.75, 3.05) is 5.50 Å². The summed E-state index contributed by atoms with van der Waals surface area (Å²) in [7, 11) is -2.58. The van der Waals surface area contributed by atoms with Gasteiger partial charge in [0.25, 0.3) is 0 Å². The number of hydrogen-bond acceptors (Lipinski definition) is 1. The summed E-state index contributed by atoms with van der Waals surface area (Å²) in [5, 5.41) is 0. The minimum Gasteiger partial charge on any atom is -0.457 e. The van der Waals surface area contributed by atoms with Crippen molar-refractivity contribution in [1.82, 2.24) is 0 Å². The molecule has 0 bridgehead atoms. The van der Waals surface area contributed by atoms with Gasteiger partial charge < -0.3 is 4.12 Å². The van der Waals surface area contributed by atoms with Crippen molar-refractivity contribution in [3.8, 4) is 0 Å². The maximum Gasteiger partial charge on any atom is 0.178 e. The normalized spacial score (nSPS) is 13.8. The lowest BCUT2D eigenvalue weighted by molar-refractivity contribution is 0.571. The largest absolute Gasteiger partial charge is 0.457 e. The maximum absolute atomic E-state index is 6.15. The van der Waals surface area contributed by atoms with Gasteiger partial charge in [-0.2, -0.15) is 0 Å². The van der Waals surface area contributed by atoms with Crippen LogP contribution in [0, 0.1) is 0 Å². The van der Waals surface area contributed by atoms with Gasteiger partial charge >= 0.3 is 0 Å². The number of hydrogen-bond donors (Lipinski definition) is 0. The Balaban J connectivity index is 2.40. The van der Waals surface area contributed by atoms with E-state index in [0.717, 1.165) is 18.0 Å². The van der Waals surface area contributed by atoms with Gasteiger partial charge in [-0.1, -0.05) is 30.3 Å². The Morgan fingerprint density at radius 3 is 2.31 bits per heavy atom. The number of benzene rings is 1. The van der Waals surface area contributed by atoms with E-state index in [1.54, 1.807) is 0 Å². The zero-order valence-corrected chi connectivity index (χ0v) is 13.3. The van der Waals surface area contributed by atoms with Crippen molar-refractivity contribution < 1.29 is 4.12 Å². The molecule has 0 N–H and O–H groups in total. The smallest absolute Gasteiger partial charge is 0.178 e. The van der Waals surface area contributed by atoms with Gasteiger partial charge in [0.2, 0.25) is 0 Å². The zero-order valence-electron chi connectivity index (χ0n) is 10.4. The molecule has 1 atom stereocenters. The number of rotatable bonds is 6. The predicted octanol–water partition coefficient (Wildman–Crippen LogP) is 3.58. The lowest BCUT2D eigenvalue weighted by atomic mass is 10.2. The second-order valence-electron chi connectivity index (χ2n) is 5.03. The first-order valence-electron chi connectivity index (χ1n) is 5.79. The van der Waals surface area contributed by atoms with Crippen molar-refractivity contribution in [1.29, 1.82) is 0 Å². The predicted molar refractivity (Wildman–Crippen MR) is 77.3 cm³/mol. The molecular formula is C12H21ClOSi2. The lowest BCUT2D eigenvalue weighted by Crippen LogP contribution is -2.36. The molecule has 90 valence electrons. The molecule has 0 aliphatic heterocycles. The summed E-state index contributed by atoms with van der Waals surface area (Å²) in [6.45, 7) is 6.71. The van der Waals surface area contributed by atoms with Gasteiger partial charge in [-0.25, -0.2) is 0 Å². The molecule has 0 radical (unpaired) electrons. The van der Waals surface area contributed by atoms with Gasteiger partial charge in [0.1, 0.15) is 0 Å². The fourth-order valence-electron chi connectivity index (χ4n) is 1.64. The maximum atomic E-state index is 6.15. The second kappa shape index (κ2) is 6.59. The Kier molecular flexibility index (Phi) is 5.76. The molecule has 0 aliphatic carbocycles. The van der Waals surface area contributed by atoms with Crippen LogP contribution in [0.5, 0.6) is 0 Å².